The van der Waals surface area contributed by atoms with Crippen LogP contribution in [0.5, 0.6) is 0 Å². The average molecular weight is 518 g/mol. The zero-order valence-electron chi connectivity index (χ0n) is 17.0. The Morgan fingerprint density at radius 3 is 2.42 bits per heavy atom. The standard InChI is InChI=1S/C21H20Cl4N4OS/c1-11(2)18(26-20(30)12-5-7-15(23)17(25)8-12)19-27-28-21(29(19)3)31-10-13-4-6-14(22)9-16(13)24/h4-9,11,18H,10H2,1-3H3,(H,26,30)/t18-/m1/s1. The molecular weight excluding hydrogens is 498 g/mol. The van der Waals surface area contributed by atoms with Crippen molar-refractivity contribution >= 4 is 64.1 Å². The molecule has 0 radical (unpaired) electrons. The molecule has 0 saturated carbocycles. The van der Waals surface area contributed by atoms with Crippen molar-refractivity contribution in [2.24, 2.45) is 13.0 Å². The van der Waals surface area contributed by atoms with Crippen LogP contribution in [0.2, 0.25) is 20.1 Å². The molecule has 0 aliphatic carbocycles. The maximum absolute atomic E-state index is 12.8. The summed E-state index contributed by atoms with van der Waals surface area (Å²) in [6, 6.07) is 9.85. The summed E-state index contributed by atoms with van der Waals surface area (Å²) in [6.07, 6.45) is 0. The molecule has 1 N–H and O–H groups in total. The normalized spacial score (nSPS) is 12.3. The number of thioether (sulfide) groups is 1. The first-order valence-electron chi connectivity index (χ1n) is 9.39. The molecule has 31 heavy (non-hydrogen) atoms. The number of nitrogens with one attached hydrogen (secondary N) is 1. The molecule has 0 saturated heterocycles. The van der Waals surface area contributed by atoms with Crippen LogP contribution in [0.3, 0.4) is 0 Å². The highest BCUT2D eigenvalue weighted by Crippen LogP contribution is 2.30. The summed E-state index contributed by atoms with van der Waals surface area (Å²) in [5.74, 6) is 1.10. The van der Waals surface area contributed by atoms with Crippen molar-refractivity contribution in [1.82, 2.24) is 20.1 Å². The third-order valence-electron chi connectivity index (χ3n) is 4.65. The van der Waals surface area contributed by atoms with Crippen molar-refractivity contribution in [3.05, 3.63) is 73.4 Å². The van der Waals surface area contributed by atoms with Gasteiger partial charge in [0.2, 0.25) is 0 Å². The van der Waals surface area contributed by atoms with E-state index in [1.807, 2.05) is 31.5 Å². The lowest BCUT2D eigenvalue weighted by Crippen LogP contribution is -2.33. The second-order valence-electron chi connectivity index (χ2n) is 7.25. The number of hydrogen-bond donors (Lipinski definition) is 1. The first-order chi connectivity index (χ1) is 14.7. The Balaban J connectivity index is 1.76. The third kappa shape index (κ3) is 5.88. The molecule has 3 rings (SSSR count). The van der Waals surface area contributed by atoms with Crippen molar-refractivity contribution in [3.8, 4) is 0 Å². The van der Waals surface area contributed by atoms with E-state index in [9.17, 15) is 4.79 Å². The Kier molecular flexibility index (Phi) is 8.16. The summed E-state index contributed by atoms with van der Waals surface area (Å²) in [4.78, 5) is 12.8. The van der Waals surface area contributed by atoms with Gasteiger partial charge in [-0.05, 0) is 41.8 Å². The maximum atomic E-state index is 12.8. The largest absolute Gasteiger partial charge is 0.342 e. The molecule has 0 aliphatic heterocycles. The summed E-state index contributed by atoms with van der Waals surface area (Å²) in [6.45, 7) is 4.02. The quantitative estimate of drug-likeness (QED) is 0.348. The van der Waals surface area contributed by atoms with E-state index in [0.717, 1.165) is 10.7 Å². The molecule has 0 spiro atoms. The molecule has 0 aliphatic rings. The molecule has 10 heteroatoms. The number of carbonyl (C=O) groups excluding carboxylic acids is 1. The van der Waals surface area contributed by atoms with Gasteiger partial charge in [0, 0.05) is 28.4 Å². The van der Waals surface area contributed by atoms with Crippen LogP contribution in [0.15, 0.2) is 41.6 Å². The van der Waals surface area contributed by atoms with Crippen LogP contribution in [0, 0.1) is 5.92 Å². The van der Waals surface area contributed by atoms with E-state index in [-0.39, 0.29) is 17.9 Å². The summed E-state index contributed by atoms with van der Waals surface area (Å²) in [5.41, 5.74) is 1.38. The molecule has 1 amide bonds. The monoisotopic (exact) mass is 516 g/mol. The van der Waals surface area contributed by atoms with Gasteiger partial charge in [-0.15, -0.1) is 10.2 Å². The zero-order valence-corrected chi connectivity index (χ0v) is 20.8. The van der Waals surface area contributed by atoms with E-state index in [1.54, 1.807) is 30.3 Å². The Bertz CT molecular complexity index is 1100. The Morgan fingerprint density at radius 1 is 1.03 bits per heavy atom. The van der Waals surface area contributed by atoms with Crippen molar-refractivity contribution in [1.29, 1.82) is 0 Å². The Hall–Kier alpha value is -1.44. The predicted octanol–water partition coefficient (Wildman–Crippen LogP) is 6.85. The first-order valence-corrected chi connectivity index (χ1v) is 11.9. The van der Waals surface area contributed by atoms with Crippen molar-refractivity contribution in [3.63, 3.8) is 0 Å². The molecule has 1 atom stereocenters. The number of aromatic nitrogens is 3. The van der Waals surface area contributed by atoms with E-state index < -0.39 is 0 Å². The minimum atomic E-state index is -0.340. The summed E-state index contributed by atoms with van der Waals surface area (Å²) in [7, 11) is 1.88. The van der Waals surface area contributed by atoms with Crippen LogP contribution in [0.1, 0.15) is 41.6 Å². The van der Waals surface area contributed by atoms with Crippen molar-refractivity contribution < 1.29 is 4.79 Å². The highest BCUT2D eigenvalue weighted by Gasteiger charge is 2.25. The number of benzene rings is 2. The van der Waals surface area contributed by atoms with Gasteiger partial charge < -0.3 is 9.88 Å². The van der Waals surface area contributed by atoms with Crippen molar-refractivity contribution in [2.75, 3.05) is 0 Å². The summed E-state index contributed by atoms with van der Waals surface area (Å²) in [5, 5.41) is 14.3. The van der Waals surface area contributed by atoms with Gasteiger partial charge in [-0.25, -0.2) is 0 Å². The van der Waals surface area contributed by atoms with E-state index >= 15 is 0 Å². The van der Waals surface area contributed by atoms with E-state index in [2.05, 4.69) is 15.5 Å². The molecule has 0 unspecified atom stereocenters. The second kappa shape index (κ2) is 10.5. The third-order valence-corrected chi connectivity index (χ3v) is 7.05. The van der Waals surface area contributed by atoms with E-state index in [0.29, 0.717) is 37.2 Å². The minimum Gasteiger partial charge on any atom is -0.342 e. The van der Waals surface area contributed by atoms with Crippen LogP contribution in [-0.2, 0) is 12.8 Å². The summed E-state index contributed by atoms with van der Waals surface area (Å²) < 4.78 is 1.88. The van der Waals surface area contributed by atoms with Crippen LogP contribution in [-0.4, -0.2) is 20.7 Å². The lowest BCUT2D eigenvalue weighted by Gasteiger charge is -2.22. The SMILES string of the molecule is CC(C)[C@@H](NC(=O)c1ccc(Cl)c(Cl)c1)c1nnc(SCc2ccc(Cl)cc2Cl)n1C. The van der Waals surface area contributed by atoms with Crippen molar-refractivity contribution in [2.45, 2.75) is 30.8 Å². The fourth-order valence-corrected chi connectivity index (χ4v) is 4.67. The molecule has 3 aromatic rings. The van der Waals surface area contributed by atoms with Gasteiger partial charge in [-0.2, -0.15) is 0 Å². The molecule has 1 aromatic heterocycles. The molecule has 1 heterocycles. The minimum absolute atomic E-state index is 0.0816. The molecule has 0 bridgehead atoms. The molecule has 5 nitrogen and oxygen atoms in total. The number of nitrogens with zero attached hydrogens (tertiary/aromatic N) is 3. The molecule has 0 fully saturated rings. The molecule has 164 valence electrons. The van der Waals surface area contributed by atoms with Gasteiger partial charge in [0.1, 0.15) is 0 Å². The number of rotatable bonds is 7. The van der Waals surface area contributed by atoms with E-state index in [1.165, 1.54) is 11.8 Å². The van der Waals surface area contributed by atoms with Gasteiger partial charge in [0.25, 0.3) is 5.91 Å². The number of halogens is 4. The van der Waals surface area contributed by atoms with Crippen LogP contribution >= 0.6 is 58.2 Å². The highest BCUT2D eigenvalue weighted by molar-refractivity contribution is 7.98. The number of carbonyl (C=O) groups is 1. The average Bonchev–Trinajstić information content (AvgIpc) is 3.07. The zero-order chi connectivity index (χ0) is 22.7. The second-order valence-corrected chi connectivity index (χ2v) is 9.85. The molecular formula is C21H20Cl4N4OS. The Morgan fingerprint density at radius 2 is 1.77 bits per heavy atom. The predicted molar refractivity (Wildman–Crippen MR) is 129 cm³/mol. The lowest BCUT2D eigenvalue weighted by molar-refractivity contribution is 0.0922. The maximum Gasteiger partial charge on any atom is 0.251 e. The van der Waals surface area contributed by atoms with Gasteiger partial charge in [-0.3, -0.25) is 4.79 Å². The van der Waals surface area contributed by atoms with Gasteiger partial charge in [-0.1, -0.05) is 78.1 Å². The van der Waals surface area contributed by atoms with Crippen LogP contribution in [0.4, 0.5) is 0 Å². The first kappa shape index (κ1) is 24.2. The number of amides is 1. The fraction of sp³-hybridized carbons (Fsp3) is 0.286. The van der Waals surface area contributed by atoms with E-state index in [4.69, 9.17) is 46.4 Å². The van der Waals surface area contributed by atoms with Gasteiger partial charge in [0.05, 0.1) is 16.1 Å². The van der Waals surface area contributed by atoms with Crippen LogP contribution < -0.4 is 5.32 Å². The lowest BCUT2D eigenvalue weighted by atomic mass is 10.0. The smallest absolute Gasteiger partial charge is 0.251 e. The van der Waals surface area contributed by atoms with Gasteiger partial charge in [0.15, 0.2) is 11.0 Å². The number of hydrogen-bond acceptors (Lipinski definition) is 4. The Labute approximate surface area is 205 Å². The topological polar surface area (TPSA) is 59.8 Å². The molecule has 2 aromatic carbocycles. The fourth-order valence-electron chi connectivity index (χ4n) is 2.90. The summed E-state index contributed by atoms with van der Waals surface area (Å²) >= 11 is 25.7. The van der Waals surface area contributed by atoms with Crippen LogP contribution in [0.25, 0.3) is 0 Å². The highest BCUT2D eigenvalue weighted by atomic mass is 35.5. The van der Waals surface area contributed by atoms with Gasteiger partial charge >= 0.3 is 0 Å².